The minimum absolute atomic E-state index is 0.0421. The Labute approximate surface area is 104 Å². The van der Waals surface area contributed by atoms with Crippen molar-refractivity contribution < 1.29 is 9.32 Å². The van der Waals surface area contributed by atoms with Gasteiger partial charge < -0.3 is 9.84 Å². The number of carbonyl (C=O) groups excluding carboxylic acids is 1. The topological polar surface area (TPSA) is 93.8 Å². The molecule has 0 bridgehead atoms. The van der Waals surface area contributed by atoms with Crippen molar-refractivity contribution in [2.45, 2.75) is 26.8 Å². The van der Waals surface area contributed by atoms with Crippen LogP contribution in [0.2, 0.25) is 0 Å². The summed E-state index contributed by atoms with van der Waals surface area (Å²) in [7, 11) is 0. The van der Waals surface area contributed by atoms with Gasteiger partial charge in [-0.15, -0.1) is 0 Å². The number of rotatable bonds is 4. The molecular formula is C11H13N5O2. The van der Waals surface area contributed by atoms with Crippen LogP contribution < -0.4 is 5.32 Å². The van der Waals surface area contributed by atoms with Crippen molar-refractivity contribution >= 4 is 5.91 Å². The summed E-state index contributed by atoms with van der Waals surface area (Å²) in [5.41, 5.74) is 0.848. The number of nitrogens with one attached hydrogen (secondary N) is 1. The number of hydrogen-bond donors (Lipinski definition) is 1. The normalized spacial score (nSPS) is 10.3. The SMILES string of the molecule is CCc1noc(C(=O)NCc2nccc(C)n2)n1. The van der Waals surface area contributed by atoms with Gasteiger partial charge in [0.05, 0.1) is 6.54 Å². The second-order valence-electron chi connectivity index (χ2n) is 3.67. The average Bonchev–Trinajstić information content (AvgIpc) is 2.85. The Kier molecular flexibility index (Phi) is 3.61. The van der Waals surface area contributed by atoms with Gasteiger partial charge in [-0.3, -0.25) is 4.79 Å². The maximum atomic E-state index is 11.7. The van der Waals surface area contributed by atoms with Gasteiger partial charge in [0.1, 0.15) is 5.82 Å². The van der Waals surface area contributed by atoms with E-state index in [4.69, 9.17) is 4.52 Å². The summed E-state index contributed by atoms with van der Waals surface area (Å²) in [5, 5.41) is 6.27. The maximum absolute atomic E-state index is 11.7. The van der Waals surface area contributed by atoms with Gasteiger partial charge in [-0.1, -0.05) is 12.1 Å². The van der Waals surface area contributed by atoms with E-state index in [1.54, 1.807) is 12.3 Å². The number of carbonyl (C=O) groups is 1. The first-order chi connectivity index (χ1) is 8.69. The quantitative estimate of drug-likeness (QED) is 0.853. The Bertz CT molecular complexity index is 552. The van der Waals surface area contributed by atoms with Gasteiger partial charge in [-0.25, -0.2) is 9.97 Å². The van der Waals surface area contributed by atoms with Crippen molar-refractivity contribution in [1.29, 1.82) is 0 Å². The number of nitrogens with zero attached hydrogens (tertiary/aromatic N) is 4. The van der Waals surface area contributed by atoms with E-state index in [1.807, 2.05) is 13.8 Å². The zero-order valence-corrected chi connectivity index (χ0v) is 10.2. The fourth-order valence-corrected chi connectivity index (χ4v) is 1.31. The summed E-state index contributed by atoms with van der Waals surface area (Å²) < 4.78 is 4.82. The first-order valence-corrected chi connectivity index (χ1v) is 5.58. The van der Waals surface area contributed by atoms with Crippen LogP contribution in [0.4, 0.5) is 0 Å². The Balaban J connectivity index is 1.96. The highest BCUT2D eigenvalue weighted by Crippen LogP contribution is 1.99. The van der Waals surface area contributed by atoms with Crippen molar-refractivity contribution in [2.75, 3.05) is 0 Å². The molecule has 0 aromatic carbocycles. The standard InChI is InChI=1S/C11H13N5O2/c1-3-8-15-11(18-16-8)10(17)13-6-9-12-5-4-7(2)14-9/h4-5H,3,6H2,1-2H3,(H,13,17). The lowest BCUT2D eigenvalue weighted by atomic mass is 10.4. The summed E-state index contributed by atoms with van der Waals surface area (Å²) in [6.45, 7) is 3.97. The highest BCUT2D eigenvalue weighted by Gasteiger charge is 2.14. The molecule has 1 N–H and O–H groups in total. The Morgan fingerprint density at radius 1 is 1.39 bits per heavy atom. The Morgan fingerprint density at radius 3 is 2.89 bits per heavy atom. The third-order valence-electron chi connectivity index (χ3n) is 2.23. The molecule has 2 heterocycles. The Morgan fingerprint density at radius 2 is 2.22 bits per heavy atom. The lowest BCUT2D eigenvalue weighted by molar-refractivity contribution is 0.0906. The molecule has 0 radical (unpaired) electrons. The number of amides is 1. The molecule has 1 amide bonds. The van der Waals surface area contributed by atoms with E-state index >= 15 is 0 Å². The van der Waals surface area contributed by atoms with Crippen LogP contribution in [0.25, 0.3) is 0 Å². The highest BCUT2D eigenvalue weighted by atomic mass is 16.5. The van der Waals surface area contributed by atoms with E-state index < -0.39 is 5.91 Å². The lowest BCUT2D eigenvalue weighted by Gasteiger charge is -2.01. The summed E-state index contributed by atoms with van der Waals surface area (Å²) in [6, 6.07) is 1.79. The molecule has 0 aliphatic rings. The van der Waals surface area contributed by atoms with Crippen molar-refractivity contribution in [3.8, 4) is 0 Å². The fourth-order valence-electron chi connectivity index (χ4n) is 1.31. The molecule has 0 aliphatic heterocycles. The molecule has 0 saturated heterocycles. The van der Waals surface area contributed by atoms with E-state index in [1.165, 1.54) is 0 Å². The first kappa shape index (κ1) is 12.2. The smallest absolute Gasteiger partial charge is 0.315 e. The second-order valence-corrected chi connectivity index (χ2v) is 3.67. The van der Waals surface area contributed by atoms with E-state index in [2.05, 4.69) is 25.4 Å². The second kappa shape index (κ2) is 5.35. The molecule has 2 aromatic heterocycles. The van der Waals surface area contributed by atoms with Crippen molar-refractivity contribution in [3.05, 3.63) is 35.5 Å². The minimum Gasteiger partial charge on any atom is -0.341 e. The van der Waals surface area contributed by atoms with Gasteiger partial charge in [-0.2, -0.15) is 4.98 Å². The van der Waals surface area contributed by atoms with Crippen LogP contribution >= 0.6 is 0 Å². The third-order valence-corrected chi connectivity index (χ3v) is 2.23. The zero-order chi connectivity index (χ0) is 13.0. The third kappa shape index (κ3) is 2.88. The van der Waals surface area contributed by atoms with Gasteiger partial charge in [0.15, 0.2) is 5.82 Å². The molecule has 0 aliphatic carbocycles. The largest absolute Gasteiger partial charge is 0.341 e. The van der Waals surface area contributed by atoms with Gasteiger partial charge in [-0.05, 0) is 13.0 Å². The molecule has 18 heavy (non-hydrogen) atoms. The van der Waals surface area contributed by atoms with Crippen LogP contribution in [0.1, 0.15) is 35.0 Å². The molecule has 0 unspecified atom stereocenters. The molecule has 0 spiro atoms. The van der Waals surface area contributed by atoms with Gasteiger partial charge in [0.25, 0.3) is 0 Å². The van der Waals surface area contributed by atoms with Crippen LogP contribution in [-0.4, -0.2) is 26.0 Å². The maximum Gasteiger partial charge on any atom is 0.315 e. The number of aromatic nitrogens is 4. The minimum atomic E-state index is -0.424. The van der Waals surface area contributed by atoms with E-state index in [9.17, 15) is 4.79 Å². The van der Waals surface area contributed by atoms with E-state index in [-0.39, 0.29) is 12.4 Å². The molecule has 2 rings (SSSR count). The molecule has 94 valence electrons. The molecular weight excluding hydrogens is 234 g/mol. The Hall–Kier alpha value is -2.31. The molecule has 0 saturated carbocycles. The van der Waals surface area contributed by atoms with Gasteiger partial charge >= 0.3 is 11.8 Å². The van der Waals surface area contributed by atoms with Crippen molar-refractivity contribution in [2.24, 2.45) is 0 Å². The predicted octanol–water partition coefficient (Wildman–Crippen LogP) is 0.660. The number of aryl methyl sites for hydroxylation is 2. The first-order valence-electron chi connectivity index (χ1n) is 5.58. The van der Waals surface area contributed by atoms with Crippen LogP contribution in [-0.2, 0) is 13.0 Å². The average molecular weight is 247 g/mol. The molecule has 7 nitrogen and oxygen atoms in total. The summed E-state index contributed by atoms with van der Waals surface area (Å²) in [4.78, 5) is 23.8. The summed E-state index contributed by atoms with van der Waals surface area (Å²) in [5.74, 6) is 0.581. The number of hydrogen-bond acceptors (Lipinski definition) is 6. The van der Waals surface area contributed by atoms with E-state index in [0.29, 0.717) is 18.1 Å². The summed E-state index contributed by atoms with van der Waals surface area (Å²) in [6.07, 6.45) is 2.27. The van der Waals surface area contributed by atoms with Crippen molar-refractivity contribution in [3.63, 3.8) is 0 Å². The van der Waals surface area contributed by atoms with Gasteiger partial charge in [0.2, 0.25) is 0 Å². The van der Waals surface area contributed by atoms with E-state index in [0.717, 1.165) is 5.69 Å². The zero-order valence-electron chi connectivity index (χ0n) is 10.2. The lowest BCUT2D eigenvalue weighted by Crippen LogP contribution is -2.24. The molecule has 0 fully saturated rings. The molecule has 2 aromatic rings. The summed E-state index contributed by atoms with van der Waals surface area (Å²) >= 11 is 0. The highest BCUT2D eigenvalue weighted by molar-refractivity contribution is 5.89. The van der Waals surface area contributed by atoms with Gasteiger partial charge in [0, 0.05) is 18.3 Å². The monoisotopic (exact) mass is 247 g/mol. The van der Waals surface area contributed by atoms with Crippen LogP contribution in [0.3, 0.4) is 0 Å². The van der Waals surface area contributed by atoms with Crippen LogP contribution in [0.5, 0.6) is 0 Å². The predicted molar refractivity (Wildman–Crippen MR) is 61.6 cm³/mol. The molecule has 7 heteroatoms. The van der Waals surface area contributed by atoms with Crippen LogP contribution in [0, 0.1) is 6.92 Å². The fraction of sp³-hybridized carbons (Fsp3) is 0.364. The molecule has 0 atom stereocenters. The van der Waals surface area contributed by atoms with Crippen LogP contribution in [0.15, 0.2) is 16.8 Å². The van der Waals surface area contributed by atoms with Crippen molar-refractivity contribution in [1.82, 2.24) is 25.4 Å².